The molecule has 1 aromatic carbocycles. The fourth-order valence-corrected chi connectivity index (χ4v) is 1.54. The van der Waals surface area contributed by atoms with Crippen molar-refractivity contribution < 1.29 is 9.59 Å². The Morgan fingerprint density at radius 3 is 3.00 bits per heavy atom. The Kier molecular flexibility index (Phi) is 3.57. The smallest absolute Gasteiger partial charge is 0.319 e. The van der Waals surface area contributed by atoms with Crippen LogP contribution >= 0.6 is 0 Å². The van der Waals surface area contributed by atoms with Crippen LogP contribution in [-0.4, -0.2) is 28.6 Å². The van der Waals surface area contributed by atoms with Crippen LogP contribution < -0.4 is 10.6 Å². The predicted molar refractivity (Wildman–Crippen MR) is 68.4 cm³/mol. The molecule has 3 N–H and O–H groups in total. The maximum Gasteiger partial charge on any atom is 0.319 e. The molecule has 2 rings (SSSR count). The number of hydrogen-bond donors (Lipinski definition) is 3. The van der Waals surface area contributed by atoms with Crippen LogP contribution in [0, 0.1) is 0 Å². The number of amides is 2. The van der Waals surface area contributed by atoms with Crippen LogP contribution in [-0.2, 0) is 4.79 Å². The van der Waals surface area contributed by atoms with Gasteiger partial charge >= 0.3 is 6.03 Å². The average molecular weight is 246 g/mol. The highest BCUT2D eigenvalue weighted by atomic mass is 16.2. The van der Waals surface area contributed by atoms with E-state index >= 15 is 0 Å². The number of anilines is 1. The van der Waals surface area contributed by atoms with E-state index in [1.807, 2.05) is 6.07 Å². The molecule has 0 unspecified atom stereocenters. The van der Waals surface area contributed by atoms with Crippen molar-refractivity contribution in [2.45, 2.75) is 13.3 Å². The van der Waals surface area contributed by atoms with E-state index in [-0.39, 0.29) is 11.8 Å². The summed E-state index contributed by atoms with van der Waals surface area (Å²) in [7, 11) is 0. The number of urea groups is 1. The Labute approximate surface area is 104 Å². The fraction of sp³-hybridized carbons (Fsp3) is 0.250. The maximum atomic E-state index is 11.5. The van der Waals surface area contributed by atoms with E-state index in [4.69, 9.17) is 0 Å². The summed E-state index contributed by atoms with van der Waals surface area (Å²) in [5.41, 5.74) is 1.53. The molecule has 0 saturated heterocycles. The van der Waals surface area contributed by atoms with Gasteiger partial charge in [-0.3, -0.25) is 9.89 Å². The number of aromatic amines is 1. The Balaban J connectivity index is 1.91. The molecule has 0 aliphatic heterocycles. The van der Waals surface area contributed by atoms with Crippen molar-refractivity contribution in [1.29, 1.82) is 0 Å². The number of hydrogen-bond acceptors (Lipinski definition) is 3. The van der Waals surface area contributed by atoms with Crippen molar-refractivity contribution in [1.82, 2.24) is 15.5 Å². The minimum atomic E-state index is -0.324. The van der Waals surface area contributed by atoms with Crippen LogP contribution in [0.25, 0.3) is 10.9 Å². The van der Waals surface area contributed by atoms with Gasteiger partial charge in [0.25, 0.3) is 0 Å². The molecule has 0 spiro atoms. The average Bonchev–Trinajstić information content (AvgIpc) is 2.75. The monoisotopic (exact) mass is 246 g/mol. The standard InChI is InChI=1S/C12H14N4O2/c1-8(17)4-5-13-12(18)15-10-3-2-9-7-14-16-11(9)6-10/h2-3,6-7H,4-5H2,1H3,(H,14,16)(H2,13,15,18). The lowest BCUT2D eigenvalue weighted by Gasteiger charge is -2.06. The molecule has 0 aliphatic rings. The number of ketones is 1. The highest BCUT2D eigenvalue weighted by Crippen LogP contribution is 2.16. The minimum Gasteiger partial charge on any atom is -0.337 e. The van der Waals surface area contributed by atoms with Crippen LogP contribution in [0.4, 0.5) is 10.5 Å². The summed E-state index contributed by atoms with van der Waals surface area (Å²) in [6.07, 6.45) is 2.05. The summed E-state index contributed by atoms with van der Waals surface area (Å²) in [6.45, 7) is 1.83. The van der Waals surface area contributed by atoms with E-state index in [9.17, 15) is 9.59 Å². The zero-order chi connectivity index (χ0) is 13.0. The number of nitrogens with zero attached hydrogens (tertiary/aromatic N) is 1. The molecule has 6 heteroatoms. The largest absolute Gasteiger partial charge is 0.337 e. The summed E-state index contributed by atoms with van der Waals surface area (Å²) < 4.78 is 0. The Bertz CT molecular complexity index is 576. The quantitative estimate of drug-likeness (QED) is 0.766. The van der Waals surface area contributed by atoms with Gasteiger partial charge in [-0.05, 0) is 25.1 Å². The Hall–Kier alpha value is -2.37. The summed E-state index contributed by atoms with van der Waals surface area (Å²) in [6, 6.07) is 5.13. The number of fused-ring (bicyclic) bond motifs is 1. The second-order valence-electron chi connectivity index (χ2n) is 4.00. The van der Waals surface area contributed by atoms with Gasteiger partial charge in [-0.15, -0.1) is 0 Å². The molecule has 0 saturated carbocycles. The Morgan fingerprint density at radius 2 is 2.22 bits per heavy atom. The topological polar surface area (TPSA) is 86.9 Å². The molecule has 0 bridgehead atoms. The molecule has 0 atom stereocenters. The molecule has 0 fully saturated rings. The number of aromatic nitrogens is 2. The third kappa shape index (κ3) is 3.07. The first-order valence-corrected chi connectivity index (χ1v) is 5.62. The molecule has 1 aromatic heterocycles. The van der Waals surface area contributed by atoms with Crippen molar-refractivity contribution in [2.75, 3.05) is 11.9 Å². The first kappa shape index (κ1) is 12.1. The van der Waals surface area contributed by atoms with Crippen LogP contribution in [0.5, 0.6) is 0 Å². The molecular weight excluding hydrogens is 232 g/mol. The lowest BCUT2D eigenvalue weighted by molar-refractivity contribution is -0.116. The van der Waals surface area contributed by atoms with Crippen LogP contribution in [0.15, 0.2) is 24.4 Å². The first-order valence-electron chi connectivity index (χ1n) is 5.62. The summed E-state index contributed by atoms with van der Waals surface area (Å²) in [5, 5.41) is 13.0. The third-order valence-electron chi connectivity index (χ3n) is 2.46. The summed E-state index contributed by atoms with van der Waals surface area (Å²) in [4.78, 5) is 22.2. The number of nitrogens with one attached hydrogen (secondary N) is 3. The highest BCUT2D eigenvalue weighted by Gasteiger charge is 2.03. The highest BCUT2D eigenvalue weighted by molar-refractivity contribution is 5.92. The predicted octanol–water partition coefficient (Wildman–Crippen LogP) is 1.66. The van der Waals surface area contributed by atoms with E-state index in [0.717, 1.165) is 10.9 Å². The number of rotatable bonds is 4. The molecule has 0 aliphatic carbocycles. The normalized spacial score (nSPS) is 10.3. The van der Waals surface area contributed by atoms with E-state index in [2.05, 4.69) is 20.8 Å². The van der Waals surface area contributed by atoms with Crippen molar-refractivity contribution in [3.05, 3.63) is 24.4 Å². The SMILES string of the molecule is CC(=O)CCNC(=O)Nc1ccc2cn[nH]c2c1. The number of carbonyl (C=O) groups excluding carboxylic acids is 2. The summed E-state index contributed by atoms with van der Waals surface area (Å²) >= 11 is 0. The fourth-order valence-electron chi connectivity index (χ4n) is 1.54. The van der Waals surface area contributed by atoms with Gasteiger partial charge in [0.2, 0.25) is 0 Å². The van der Waals surface area contributed by atoms with Gasteiger partial charge in [0.05, 0.1) is 11.7 Å². The molecule has 2 aromatic rings. The lowest BCUT2D eigenvalue weighted by Crippen LogP contribution is -2.30. The molecule has 18 heavy (non-hydrogen) atoms. The molecule has 1 heterocycles. The molecule has 0 radical (unpaired) electrons. The van der Waals surface area contributed by atoms with E-state index in [1.54, 1.807) is 18.3 Å². The van der Waals surface area contributed by atoms with Gasteiger partial charge in [0, 0.05) is 24.0 Å². The molecular formula is C12H14N4O2. The number of carbonyl (C=O) groups is 2. The van der Waals surface area contributed by atoms with Gasteiger partial charge in [0.1, 0.15) is 5.78 Å². The first-order chi connectivity index (χ1) is 8.65. The molecule has 2 amide bonds. The third-order valence-corrected chi connectivity index (χ3v) is 2.46. The van der Waals surface area contributed by atoms with Gasteiger partial charge in [-0.25, -0.2) is 4.79 Å². The van der Waals surface area contributed by atoms with Crippen LogP contribution in [0.1, 0.15) is 13.3 Å². The van der Waals surface area contributed by atoms with E-state index in [0.29, 0.717) is 18.7 Å². The zero-order valence-corrected chi connectivity index (χ0v) is 9.99. The van der Waals surface area contributed by atoms with E-state index in [1.165, 1.54) is 6.92 Å². The van der Waals surface area contributed by atoms with Gasteiger partial charge < -0.3 is 10.6 Å². The zero-order valence-electron chi connectivity index (χ0n) is 9.99. The summed E-state index contributed by atoms with van der Waals surface area (Å²) in [5.74, 6) is 0.0502. The molecule has 94 valence electrons. The maximum absolute atomic E-state index is 11.5. The Morgan fingerprint density at radius 1 is 1.39 bits per heavy atom. The number of H-pyrrole nitrogens is 1. The van der Waals surface area contributed by atoms with E-state index < -0.39 is 0 Å². The van der Waals surface area contributed by atoms with Crippen LogP contribution in [0.3, 0.4) is 0 Å². The van der Waals surface area contributed by atoms with Crippen molar-refractivity contribution in [3.8, 4) is 0 Å². The number of benzene rings is 1. The lowest BCUT2D eigenvalue weighted by atomic mass is 10.2. The van der Waals surface area contributed by atoms with Crippen molar-refractivity contribution in [2.24, 2.45) is 0 Å². The van der Waals surface area contributed by atoms with Gasteiger partial charge in [-0.2, -0.15) is 5.10 Å². The van der Waals surface area contributed by atoms with Crippen molar-refractivity contribution in [3.63, 3.8) is 0 Å². The van der Waals surface area contributed by atoms with Gasteiger partial charge in [-0.1, -0.05) is 0 Å². The second-order valence-corrected chi connectivity index (χ2v) is 4.00. The van der Waals surface area contributed by atoms with Gasteiger partial charge in [0.15, 0.2) is 0 Å². The second kappa shape index (κ2) is 5.31. The minimum absolute atomic E-state index is 0.0502. The molecule has 6 nitrogen and oxygen atoms in total. The van der Waals surface area contributed by atoms with Crippen LogP contribution in [0.2, 0.25) is 0 Å². The van der Waals surface area contributed by atoms with Crippen molar-refractivity contribution >= 4 is 28.4 Å². The number of Topliss-reactive ketones (excluding diaryl/α,β-unsaturated/α-hetero) is 1.